The number of carbonyl (C=O) groups excluding carboxylic acids is 1. The average molecular weight is 184 g/mol. The molecule has 13 heavy (non-hydrogen) atoms. The molecule has 0 atom stereocenters. The number of carboxylic acids is 1. The summed E-state index contributed by atoms with van der Waals surface area (Å²) in [5, 5.41) is 16.6. The first-order valence-corrected chi connectivity index (χ1v) is 3.55. The van der Waals surface area contributed by atoms with E-state index in [0.29, 0.717) is 12.2 Å². The van der Waals surface area contributed by atoms with Gasteiger partial charge in [0.25, 0.3) is 0 Å². The zero-order chi connectivity index (χ0) is 9.68. The van der Waals surface area contributed by atoms with Crippen molar-refractivity contribution >= 4 is 11.9 Å². The second-order valence-corrected chi connectivity index (χ2v) is 2.24. The summed E-state index contributed by atoms with van der Waals surface area (Å²) in [7, 11) is 0. The van der Waals surface area contributed by atoms with E-state index in [1.807, 2.05) is 0 Å². The molecule has 0 radical (unpaired) electrons. The molecular formula is C6H8N4O3. The van der Waals surface area contributed by atoms with Crippen LogP contribution in [0.4, 0.5) is 0 Å². The normalized spacial score (nSPS) is 9.54. The van der Waals surface area contributed by atoms with Gasteiger partial charge in [0.2, 0.25) is 0 Å². The number of rotatable bonds is 3. The van der Waals surface area contributed by atoms with Crippen LogP contribution in [0.25, 0.3) is 0 Å². The maximum Gasteiger partial charge on any atom is 0.394 e. The van der Waals surface area contributed by atoms with E-state index in [1.165, 1.54) is 6.33 Å². The molecule has 0 aromatic carbocycles. The van der Waals surface area contributed by atoms with Crippen molar-refractivity contribution < 1.29 is 14.7 Å². The summed E-state index contributed by atoms with van der Waals surface area (Å²) in [4.78, 5) is 24.4. The van der Waals surface area contributed by atoms with E-state index < -0.39 is 11.9 Å². The molecule has 0 fully saturated rings. The summed E-state index contributed by atoms with van der Waals surface area (Å²) in [5.74, 6) is -1.90. The molecule has 0 unspecified atom stereocenters. The Balaban J connectivity index is 2.22. The van der Waals surface area contributed by atoms with Gasteiger partial charge in [0.15, 0.2) is 0 Å². The molecule has 7 nitrogen and oxygen atoms in total. The van der Waals surface area contributed by atoms with Crippen LogP contribution in [0.1, 0.15) is 5.82 Å². The largest absolute Gasteiger partial charge is 0.474 e. The molecule has 0 aliphatic rings. The number of carbonyl (C=O) groups is 2. The van der Waals surface area contributed by atoms with Gasteiger partial charge < -0.3 is 10.4 Å². The number of hydrogen-bond acceptors (Lipinski definition) is 4. The fourth-order valence-corrected chi connectivity index (χ4v) is 0.721. The van der Waals surface area contributed by atoms with E-state index in [9.17, 15) is 9.59 Å². The maximum absolute atomic E-state index is 10.5. The lowest BCUT2D eigenvalue weighted by molar-refractivity contribution is -0.150. The SMILES string of the molecule is O=C(O)C(=O)NCCc1ncn[nH]1. The highest BCUT2D eigenvalue weighted by atomic mass is 16.4. The van der Waals surface area contributed by atoms with Crippen molar-refractivity contribution in [3.63, 3.8) is 0 Å². The molecule has 0 saturated heterocycles. The highest BCUT2D eigenvalue weighted by Gasteiger charge is 2.09. The monoisotopic (exact) mass is 184 g/mol. The van der Waals surface area contributed by atoms with Crippen molar-refractivity contribution in [1.82, 2.24) is 20.5 Å². The first kappa shape index (κ1) is 9.17. The number of amides is 1. The third-order valence-electron chi connectivity index (χ3n) is 1.31. The number of aliphatic carboxylic acids is 1. The average Bonchev–Trinajstić information content (AvgIpc) is 2.56. The Morgan fingerprint density at radius 3 is 2.92 bits per heavy atom. The molecule has 1 amide bonds. The number of aromatic amines is 1. The van der Waals surface area contributed by atoms with Gasteiger partial charge in [-0.05, 0) is 0 Å². The van der Waals surface area contributed by atoms with Gasteiger partial charge in [-0.3, -0.25) is 9.89 Å². The van der Waals surface area contributed by atoms with Crippen LogP contribution in [0, 0.1) is 0 Å². The minimum absolute atomic E-state index is 0.223. The fraction of sp³-hybridized carbons (Fsp3) is 0.333. The van der Waals surface area contributed by atoms with Gasteiger partial charge in [-0.1, -0.05) is 0 Å². The predicted molar refractivity (Wildman–Crippen MR) is 40.7 cm³/mol. The van der Waals surface area contributed by atoms with Gasteiger partial charge in [-0.25, -0.2) is 9.78 Å². The fourth-order valence-electron chi connectivity index (χ4n) is 0.721. The highest BCUT2D eigenvalue weighted by molar-refractivity contribution is 6.31. The van der Waals surface area contributed by atoms with E-state index in [-0.39, 0.29) is 6.54 Å². The molecule has 1 aromatic rings. The number of aromatic nitrogens is 3. The van der Waals surface area contributed by atoms with Crippen LogP contribution in [0.3, 0.4) is 0 Å². The molecule has 0 spiro atoms. The standard InChI is InChI=1S/C6H8N4O3/c11-5(6(12)13)7-2-1-4-8-3-9-10-4/h3H,1-2H2,(H,7,11)(H,12,13)(H,8,9,10). The van der Waals surface area contributed by atoms with Crippen LogP contribution in [0.15, 0.2) is 6.33 Å². The summed E-state index contributed by atoms with van der Waals surface area (Å²) < 4.78 is 0. The number of nitrogens with one attached hydrogen (secondary N) is 2. The zero-order valence-electron chi connectivity index (χ0n) is 6.65. The number of nitrogens with zero attached hydrogens (tertiary/aromatic N) is 2. The molecule has 1 aromatic heterocycles. The molecule has 0 bridgehead atoms. The van der Waals surface area contributed by atoms with E-state index in [0.717, 1.165) is 0 Å². The van der Waals surface area contributed by atoms with Gasteiger partial charge in [-0.15, -0.1) is 0 Å². The summed E-state index contributed by atoms with van der Waals surface area (Å²) in [5.41, 5.74) is 0. The van der Waals surface area contributed by atoms with E-state index in [1.54, 1.807) is 0 Å². The van der Waals surface area contributed by atoms with Gasteiger partial charge in [0.1, 0.15) is 12.2 Å². The van der Waals surface area contributed by atoms with Crippen LogP contribution < -0.4 is 5.32 Å². The third kappa shape index (κ3) is 2.89. The first-order valence-electron chi connectivity index (χ1n) is 3.55. The second-order valence-electron chi connectivity index (χ2n) is 2.24. The maximum atomic E-state index is 10.5. The molecule has 1 heterocycles. The third-order valence-corrected chi connectivity index (χ3v) is 1.31. The van der Waals surface area contributed by atoms with Crippen molar-refractivity contribution in [3.8, 4) is 0 Å². The molecular weight excluding hydrogens is 176 g/mol. The highest BCUT2D eigenvalue weighted by Crippen LogP contribution is 1.84. The Morgan fingerprint density at radius 1 is 1.62 bits per heavy atom. The van der Waals surface area contributed by atoms with Crippen molar-refractivity contribution in [3.05, 3.63) is 12.2 Å². The molecule has 1 rings (SSSR count). The topological polar surface area (TPSA) is 108 Å². The van der Waals surface area contributed by atoms with Gasteiger partial charge in [0.05, 0.1) is 0 Å². The predicted octanol–water partition coefficient (Wildman–Crippen LogP) is -1.45. The van der Waals surface area contributed by atoms with Crippen LogP contribution >= 0.6 is 0 Å². The minimum atomic E-state index is -1.49. The molecule has 70 valence electrons. The minimum Gasteiger partial charge on any atom is -0.474 e. The number of carboxylic acid groups (broad SMARTS) is 1. The van der Waals surface area contributed by atoms with Crippen LogP contribution in [0.2, 0.25) is 0 Å². The molecule has 0 aliphatic heterocycles. The quantitative estimate of drug-likeness (QED) is 0.498. The Hall–Kier alpha value is -1.92. The van der Waals surface area contributed by atoms with Crippen molar-refractivity contribution in [2.45, 2.75) is 6.42 Å². The molecule has 7 heteroatoms. The summed E-state index contributed by atoms with van der Waals surface area (Å²) in [6.07, 6.45) is 1.77. The smallest absolute Gasteiger partial charge is 0.394 e. The summed E-state index contributed by atoms with van der Waals surface area (Å²) in [6, 6.07) is 0. The number of H-pyrrole nitrogens is 1. The second kappa shape index (κ2) is 4.19. The number of hydrogen-bond donors (Lipinski definition) is 3. The Morgan fingerprint density at radius 2 is 2.38 bits per heavy atom. The van der Waals surface area contributed by atoms with E-state index in [2.05, 4.69) is 20.5 Å². The molecule has 0 saturated carbocycles. The van der Waals surface area contributed by atoms with Crippen molar-refractivity contribution in [2.75, 3.05) is 6.54 Å². The van der Waals surface area contributed by atoms with Crippen LogP contribution in [-0.2, 0) is 16.0 Å². The van der Waals surface area contributed by atoms with Crippen molar-refractivity contribution in [2.24, 2.45) is 0 Å². The van der Waals surface area contributed by atoms with Gasteiger partial charge in [-0.2, -0.15) is 5.10 Å². The molecule has 0 aliphatic carbocycles. The van der Waals surface area contributed by atoms with E-state index in [4.69, 9.17) is 5.11 Å². The Kier molecular flexibility index (Phi) is 2.96. The van der Waals surface area contributed by atoms with Gasteiger partial charge in [0, 0.05) is 13.0 Å². The summed E-state index contributed by atoms with van der Waals surface area (Å²) >= 11 is 0. The Labute approximate surface area is 73.2 Å². The van der Waals surface area contributed by atoms with E-state index >= 15 is 0 Å². The molecule has 3 N–H and O–H groups in total. The lowest BCUT2D eigenvalue weighted by Gasteiger charge is -1.98. The zero-order valence-corrected chi connectivity index (χ0v) is 6.65. The van der Waals surface area contributed by atoms with Crippen LogP contribution in [-0.4, -0.2) is 38.7 Å². The van der Waals surface area contributed by atoms with Crippen molar-refractivity contribution in [1.29, 1.82) is 0 Å². The van der Waals surface area contributed by atoms with Gasteiger partial charge >= 0.3 is 11.9 Å². The Bertz CT molecular complexity index is 295. The lowest BCUT2D eigenvalue weighted by Crippen LogP contribution is -2.32. The summed E-state index contributed by atoms with van der Waals surface area (Å²) in [6.45, 7) is 0.223. The first-order chi connectivity index (χ1) is 6.20. The van der Waals surface area contributed by atoms with Crippen LogP contribution in [0.5, 0.6) is 0 Å². The lowest BCUT2D eigenvalue weighted by atomic mass is 10.4.